The van der Waals surface area contributed by atoms with E-state index in [1.165, 1.54) is 11.1 Å². The van der Waals surface area contributed by atoms with Crippen LogP contribution in [0.3, 0.4) is 0 Å². The minimum Gasteiger partial charge on any atom is -0.354 e. The minimum atomic E-state index is 0.534. The Balaban J connectivity index is 1.59. The van der Waals surface area contributed by atoms with Crippen LogP contribution in [0.4, 0.5) is 11.4 Å². The SMILES string of the molecule is Cc1ccc(Nc2c(C#N)cnc3cc(-c4ccc(CNCCN(C)C)cc4)ccc23)c(C)c1. The van der Waals surface area contributed by atoms with Crippen LogP contribution in [0.25, 0.3) is 22.0 Å². The molecule has 5 nitrogen and oxygen atoms in total. The zero-order valence-corrected chi connectivity index (χ0v) is 20.3. The van der Waals surface area contributed by atoms with Gasteiger partial charge < -0.3 is 15.5 Å². The molecule has 4 aromatic rings. The Hall–Kier alpha value is -3.72. The number of benzene rings is 3. The number of aromatic nitrogens is 1. The van der Waals surface area contributed by atoms with Crippen LogP contribution in [0, 0.1) is 25.2 Å². The summed E-state index contributed by atoms with van der Waals surface area (Å²) in [6.07, 6.45) is 1.65. The number of aryl methyl sites for hydroxylation is 2. The largest absolute Gasteiger partial charge is 0.354 e. The fraction of sp³-hybridized carbons (Fsp3) is 0.241. The third-order valence-corrected chi connectivity index (χ3v) is 5.98. The Labute approximate surface area is 202 Å². The maximum absolute atomic E-state index is 9.69. The van der Waals surface area contributed by atoms with Gasteiger partial charge in [-0.05, 0) is 62.3 Å². The molecule has 1 heterocycles. The monoisotopic (exact) mass is 449 g/mol. The summed E-state index contributed by atoms with van der Waals surface area (Å²) in [5.41, 5.74) is 9.05. The molecule has 0 radical (unpaired) electrons. The number of likely N-dealkylation sites (N-methyl/N-ethyl adjacent to an activating group) is 1. The molecule has 0 atom stereocenters. The number of hydrogen-bond acceptors (Lipinski definition) is 5. The van der Waals surface area contributed by atoms with E-state index in [9.17, 15) is 5.26 Å². The molecule has 0 unspecified atom stereocenters. The van der Waals surface area contributed by atoms with Crippen molar-refractivity contribution in [3.05, 3.63) is 89.1 Å². The topological polar surface area (TPSA) is 64.0 Å². The van der Waals surface area contributed by atoms with Crippen molar-refractivity contribution in [1.29, 1.82) is 5.26 Å². The highest BCUT2D eigenvalue weighted by atomic mass is 15.1. The van der Waals surface area contributed by atoms with Crippen molar-refractivity contribution in [3.8, 4) is 17.2 Å². The van der Waals surface area contributed by atoms with Gasteiger partial charge in [0, 0.05) is 36.9 Å². The molecule has 1 aromatic heterocycles. The quantitative estimate of drug-likeness (QED) is 0.334. The predicted molar refractivity (Wildman–Crippen MR) is 141 cm³/mol. The van der Waals surface area contributed by atoms with Gasteiger partial charge >= 0.3 is 0 Å². The summed E-state index contributed by atoms with van der Waals surface area (Å²) in [6.45, 7) is 7.00. The van der Waals surface area contributed by atoms with E-state index in [0.717, 1.165) is 58.6 Å². The molecule has 4 rings (SSSR count). The molecule has 0 amide bonds. The van der Waals surface area contributed by atoms with Crippen molar-refractivity contribution >= 4 is 22.3 Å². The molecule has 0 aliphatic heterocycles. The van der Waals surface area contributed by atoms with Crippen molar-refractivity contribution in [2.24, 2.45) is 0 Å². The molecule has 0 spiro atoms. The average Bonchev–Trinajstić information content (AvgIpc) is 2.83. The number of nitrogens with zero attached hydrogens (tertiary/aromatic N) is 3. The lowest BCUT2D eigenvalue weighted by Crippen LogP contribution is -2.26. The van der Waals surface area contributed by atoms with Crippen molar-refractivity contribution < 1.29 is 0 Å². The first-order valence-corrected chi connectivity index (χ1v) is 11.6. The molecule has 2 N–H and O–H groups in total. The van der Waals surface area contributed by atoms with Gasteiger partial charge in [0.15, 0.2) is 0 Å². The van der Waals surface area contributed by atoms with Crippen LogP contribution in [0.1, 0.15) is 22.3 Å². The highest BCUT2D eigenvalue weighted by Crippen LogP contribution is 2.33. The van der Waals surface area contributed by atoms with E-state index >= 15 is 0 Å². The maximum Gasteiger partial charge on any atom is 0.103 e. The fourth-order valence-electron chi connectivity index (χ4n) is 4.03. The molecule has 0 saturated heterocycles. The van der Waals surface area contributed by atoms with E-state index in [2.05, 4.69) is 115 Å². The van der Waals surface area contributed by atoms with E-state index in [0.29, 0.717) is 5.56 Å². The first-order valence-electron chi connectivity index (χ1n) is 11.6. The lowest BCUT2D eigenvalue weighted by molar-refractivity contribution is 0.400. The van der Waals surface area contributed by atoms with Crippen LogP contribution < -0.4 is 10.6 Å². The van der Waals surface area contributed by atoms with Gasteiger partial charge in [0.25, 0.3) is 0 Å². The summed E-state index contributed by atoms with van der Waals surface area (Å²) >= 11 is 0. The number of anilines is 2. The van der Waals surface area contributed by atoms with Gasteiger partial charge in [-0.3, -0.25) is 4.98 Å². The lowest BCUT2D eigenvalue weighted by Gasteiger charge is -2.15. The normalized spacial score (nSPS) is 11.1. The highest BCUT2D eigenvalue weighted by Gasteiger charge is 2.12. The first kappa shape index (κ1) is 23.4. The van der Waals surface area contributed by atoms with Gasteiger partial charge in [0.2, 0.25) is 0 Å². The second-order valence-electron chi connectivity index (χ2n) is 9.01. The van der Waals surface area contributed by atoms with Crippen LogP contribution in [0.5, 0.6) is 0 Å². The second kappa shape index (κ2) is 10.5. The maximum atomic E-state index is 9.69. The van der Waals surface area contributed by atoms with Crippen LogP contribution in [0.15, 0.2) is 66.9 Å². The standard InChI is InChI=1S/C29H31N5/c1-20-5-12-27(21(2)15-20)33-29-25(17-30)19-32-28-16-24(10-11-26(28)29)23-8-6-22(7-9-23)18-31-13-14-34(3)4/h5-12,15-16,19,31H,13-14,18H2,1-4H3,(H,32,33). The number of pyridine rings is 1. The van der Waals surface area contributed by atoms with Crippen molar-refractivity contribution in [3.63, 3.8) is 0 Å². The smallest absolute Gasteiger partial charge is 0.103 e. The Kier molecular flexibility index (Phi) is 7.22. The molecule has 172 valence electrons. The Morgan fingerprint density at radius 3 is 2.41 bits per heavy atom. The molecule has 0 aliphatic carbocycles. The van der Waals surface area contributed by atoms with E-state index < -0.39 is 0 Å². The summed E-state index contributed by atoms with van der Waals surface area (Å²) in [5, 5.41) is 17.6. The number of rotatable bonds is 8. The van der Waals surface area contributed by atoms with Gasteiger partial charge in [-0.1, -0.05) is 54.1 Å². The molecule has 3 aromatic carbocycles. The molecule has 0 aliphatic rings. The Morgan fingerprint density at radius 1 is 0.941 bits per heavy atom. The molecular weight excluding hydrogens is 418 g/mol. The number of fused-ring (bicyclic) bond motifs is 1. The first-order chi connectivity index (χ1) is 16.4. The van der Waals surface area contributed by atoms with E-state index in [1.54, 1.807) is 6.20 Å². The second-order valence-corrected chi connectivity index (χ2v) is 9.01. The van der Waals surface area contributed by atoms with Gasteiger partial charge in [0.05, 0.1) is 16.8 Å². The summed E-state index contributed by atoms with van der Waals surface area (Å²) < 4.78 is 0. The molecule has 0 bridgehead atoms. The minimum absolute atomic E-state index is 0.534. The zero-order chi connectivity index (χ0) is 24.1. The van der Waals surface area contributed by atoms with Gasteiger partial charge in [-0.25, -0.2) is 0 Å². The Morgan fingerprint density at radius 2 is 1.71 bits per heavy atom. The average molecular weight is 450 g/mol. The van der Waals surface area contributed by atoms with E-state index in [1.807, 2.05) is 0 Å². The van der Waals surface area contributed by atoms with Crippen molar-refractivity contribution in [2.45, 2.75) is 20.4 Å². The fourth-order valence-corrected chi connectivity index (χ4v) is 4.03. The number of hydrogen-bond donors (Lipinski definition) is 2. The van der Waals surface area contributed by atoms with Gasteiger partial charge in [-0.15, -0.1) is 0 Å². The Bertz CT molecular complexity index is 1330. The molecule has 5 heteroatoms. The van der Waals surface area contributed by atoms with E-state index in [-0.39, 0.29) is 0 Å². The molecule has 34 heavy (non-hydrogen) atoms. The van der Waals surface area contributed by atoms with Crippen LogP contribution in [-0.4, -0.2) is 37.1 Å². The third kappa shape index (κ3) is 5.43. The number of nitriles is 1. The van der Waals surface area contributed by atoms with Gasteiger partial charge in [0.1, 0.15) is 6.07 Å². The summed E-state index contributed by atoms with van der Waals surface area (Å²) in [7, 11) is 4.16. The third-order valence-electron chi connectivity index (χ3n) is 5.98. The summed E-state index contributed by atoms with van der Waals surface area (Å²) in [6, 6.07) is 23.4. The molecule has 0 fully saturated rings. The lowest BCUT2D eigenvalue weighted by atomic mass is 10.0. The summed E-state index contributed by atoms with van der Waals surface area (Å²) in [5.74, 6) is 0. The summed E-state index contributed by atoms with van der Waals surface area (Å²) in [4.78, 5) is 6.76. The van der Waals surface area contributed by atoms with Crippen LogP contribution >= 0.6 is 0 Å². The highest BCUT2D eigenvalue weighted by molar-refractivity contribution is 5.97. The van der Waals surface area contributed by atoms with Crippen LogP contribution in [0.2, 0.25) is 0 Å². The predicted octanol–water partition coefficient (Wildman–Crippen LogP) is 5.79. The van der Waals surface area contributed by atoms with E-state index in [4.69, 9.17) is 0 Å². The van der Waals surface area contributed by atoms with Crippen molar-refractivity contribution in [1.82, 2.24) is 15.2 Å². The van der Waals surface area contributed by atoms with Crippen molar-refractivity contribution in [2.75, 3.05) is 32.5 Å². The van der Waals surface area contributed by atoms with Gasteiger partial charge in [-0.2, -0.15) is 5.26 Å². The molecular formula is C29H31N5. The molecule has 0 saturated carbocycles. The van der Waals surface area contributed by atoms with Crippen LogP contribution in [-0.2, 0) is 6.54 Å². The zero-order valence-electron chi connectivity index (χ0n) is 20.3. The number of nitrogens with one attached hydrogen (secondary N) is 2.